The molecule has 4 nitrogen and oxygen atoms in total. The first-order valence-corrected chi connectivity index (χ1v) is 8.64. The third-order valence-electron chi connectivity index (χ3n) is 4.95. The molecule has 25 heavy (non-hydrogen) atoms. The van der Waals surface area contributed by atoms with Gasteiger partial charge < -0.3 is 9.73 Å². The van der Waals surface area contributed by atoms with E-state index >= 15 is 0 Å². The molecule has 0 radical (unpaired) electrons. The van der Waals surface area contributed by atoms with Crippen LogP contribution in [-0.2, 0) is 4.79 Å². The molecule has 2 aromatic carbocycles. The number of carbonyl (C=O) groups excluding carboxylic acids is 1. The molecule has 1 aromatic heterocycles. The highest BCUT2D eigenvalue weighted by Crippen LogP contribution is 2.30. The third-order valence-corrected chi connectivity index (χ3v) is 4.95. The van der Waals surface area contributed by atoms with Crippen LogP contribution in [0.25, 0.3) is 21.9 Å². The molecule has 0 spiro atoms. The van der Waals surface area contributed by atoms with Crippen molar-refractivity contribution < 1.29 is 9.21 Å². The van der Waals surface area contributed by atoms with Crippen molar-refractivity contribution in [3.63, 3.8) is 0 Å². The van der Waals surface area contributed by atoms with E-state index in [1.807, 2.05) is 44.2 Å². The van der Waals surface area contributed by atoms with E-state index in [2.05, 4.69) is 12.2 Å². The molecule has 0 aliphatic heterocycles. The summed E-state index contributed by atoms with van der Waals surface area (Å²) >= 11 is 0. The lowest BCUT2D eigenvalue weighted by molar-refractivity contribution is -0.119. The first-order chi connectivity index (χ1) is 11.9. The summed E-state index contributed by atoms with van der Waals surface area (Å²) < 4.78 is 6.25. The van der Waals surface area contributed by atoms with Gasteiger partial charge in [0.25, 0.3) is 0 Å². The molecule has 0 saturated heterocycles. The Morgan fingerprint density at radius 3 is 2.52 bits per heavy atom. The van der Waals surface area contributed by atoms with Crippen LogP contribution in [0.1, 0.15) is 42.9 Å². The van der Waals surface area contributed by atoms with E-state index in [9.17, 15) is 9.59 Å². The predicted molar refractivity (Wildman–Crippen MR) is 101 cm³/mol. The maximum atomic E-state index is 13.0. The van der Waals surface area contributed by atoms with Crippen molar-refractivity contribution in [2.75, 3.05) is 6.54 Å². The van der Waals surface area contributed by atoms with E-state index in [1.165, 1.54) is 6.92 Å². The van der Waals surface area contributed by atoms with Gasteiger partial charge in [-0.15, -0.1) is 0 Å². The highest BCUT2D eigenvalue weighted by molar-refractivity contribution is 5.93. The molecule has 1 unspecified atom stereocenters. The van der Waals surface area contributed by atoms with Gasteiger partial charge in [0.2, 0.25) is 11.3 Å². The second-order valence-corrected chi connectivity index (χ2v) is 6.58. The molecule has 4 heteroatoms. The van der Waals surface area contributed by atoms with Gasteiger partial charge in [-0.1, -0.05) is 25.1 Å². The summed E-state index contributed by atoms with van der Waals surface area (Å²) in [7, 11) is 0. The summed E-state index contributed by atoms with van der Waals surface area (Å²) in [6, 6.07) is 9.47. The molecule has 0 aliphatic carbocycles. The van der Waals surface area contributed by atoms with Crippen molar-refractivity contribution in [1.82, 2.24) is 5.32 Å². The number of fused-ring (bicyclic) bond motifs is 2. The Kier molecular flexibility index (Phi) is 4.62. The Hall–Kier alpha value is -2.62. The molecule has 1 heterocycles. The average molecular weight is 337 g/mol. The fraction of sp³-hybridized carbons (Fsp3) is 0.333. The van der Waals surface area contributed by atoms with Gasteiger partial charge in [-0.2, -0.15) is 0 Å². The quantitative estimate of drug-likeness (QED) is 0.726. The Morgan fingerprint density at radius 1 is 1.12 bits per heavy atom. The van der Waals surface area contributed by atoms with Crippen LogP contribution in [-0.4, -0.2) is 12.5 Å². The van der Waals surface area contributed by atoms with E-state index in [0.717, 1.165) is 23.1 Å². The summed E-state index contributed by atoms with van der Waals surface area (Å²) in [5.74, 6) is 0.0374. The summed E-state index contributed by atoms with van der Waals surface area (Å²) in [4.78, 5) is 24.2. The number of amides is 1. The zero-order chi connectivity index (χ0) is 18.1. The summed E-state index contributed by atoms with van der Waals surface area (Å²) in [6.07, 6.45) is 0.841. The molecule has 0 bridgehead atoms. The van der Waals surface area contributed by atoms with Crippen LogP contribution in [0.5, 0.6) is 0 Å². The van der Waals surface area contributed by atoms with Crippen LogP contribution >= 0.6 is 0 Å². The number of hydrogen-bond donors (Lipinski definition) is 1. The largest absolute Gasteiger partial charge is 0.455 e. The molecule has 130 valence electrons. The molecule has 3 rings (SSSR count). The number of nitrogens with one attached hydrogen (secondary N) is 1. The van der Waals surface area contributed by atoms with Crippen molar-refractivity contribution in [2.24, 2.45) is 0 Å². The summed E-state index contributed by atoms with van der Waals surface area (Å²) in [5, 5.41) is 4.08. The lowest BCUT2D eigenvalue weighted by Crippen LogP contribution is -2.26. The van der Waals surface area contributed by atoms with Crippen molar-refractivity contribution in [3.8, 4) is 0 Å². The zero-order valence-electron chi connectivity index (χ0n) is 15.1. The van der Waals surface area contributed by atoms with Crippen molar-refractivity contribution in [1.29, 1.82) is 0 Å². The number of benzene rings is 2. The maximum absolute atomic E-state index is 13.0. The van der Waals surface area contributed by atoms with Gasteiger partial charge in [0.05, 0.1) is 10.8 Å². The van der Waals surface area contributed by atoms with Gasteiger partial charge in [0.15, 0.2) is 0 Å². The zero-order valence-corrected chi connectivity index (χ0v) is 15.1. The fourth-order valence-electron chi connectivity index (χ4n) is 3.26. The molecule has 0 fully saturated rings. The standard InChI is InChI=1S/C21H23NO3/c1-5-15(11-22-14(4)23)16-7-6-8-17-19(24)18-10-9-12(2)13(3)20(18)25-21(16)17/h6-10,15H,5,11H2,1-4H3,(H,22,23). The molecular weight excluding hydrogens is 314 g/mol. The Labute approximate surface area is 146 Å². The topological polar surface area (TPSA) is 59.3 Å². The van der Waals surface area contributed by atoms with Crippen molar-refractivity contribution in [3.05, 3.63) is 57.2 Å². The third kappa shape index (κ3) is 3.04. The van der Waals surface area contributed by atoms with Crippen LogP contribution in [0, 0.1) is 13.8 Å². The number of para-hydroxylation sites is 1. The number of carbonyl (C=O) groups is 1. The van der Waals surface area contributed by atoms with Gasteiger partial charge in [-0.25, -0.2) is 0 Å². The highest BCUT2D eigenvalue weighted by Gasteiger charge is 2.18. The first-order valence-electron chi connectivity index (χ1n) is 8.64. The van der Waals surface area contributed by atoms with Crippen LogP contribution in [0.4, 0.5) is 0 Å². The van der Waals surface area contributed by atoms with E-state index in [1.54, 1.807) is 0 Å². The van der Waals surface area contributed by atoms with Crippen molar-refractivity contribution in [2.45, 2.75) is 40.0 Å². The van der Waals surface area contributed by atoms with Crippen LogP contribution < -0.4 is 10.7 Å². The minimum atomic E-state index is -0.0583. The van der Waals surface area contributed by atoms with E-state index in [-0.39, 0.29) is 17.3 Å². The molecule has 1 amide bonds. The lowest BCUT2D eigenvalue weighted by Gasteiger charge is -2.17. The van der Waals surface area contributed by atoms with Crippen LogP contribution in [0.2, 0.25) is 0 Å². The molecule has 0 aliphatic rings. The fourth-order valence-corrected chi connectivity index (χ4v) is 3.26. The summed E-state index contributed by atoms with van der Waals surface area (Å²) in [5.41, 5.74) is 4.33. The number of rotatable bonds is 4. The molecule has 3 aromatic rings. The number of aryl methyl sites for hydroxylation is 2. The first kappa shape index (κ1) is 17.2. The van der Waals surface area contributed by atoms with Gasteiger partial charge in [0.1, 0.15) is 11.2 Å². The van der Waals surface area contributed by atoms with Gasteiger partial charge in [0, 0.05) is 24.9 Å². The van der Waals surface area contributed by atoms with Crippen LogP contribution in [0.3, 0.4) is 0 Å². The normalized spacial score (nSPS) is 12.5. The Balaban J connectivity index is 2.28. The van der Waals surface area contributed by atoms with Gasteiger partial charge >= 0.3 is 0 Å². The minimum absolute atomic E-state index is 0.00409. The van der Waals surface area contributed by atoms with E-state index < -0.39 is 0 Å². The van der Waals surface area contributed by atoms with Crippen LogP contribution in [0.15, 0.2) is 39.5 Å². The van der Waals surface area contributed by atoms with Gasteiger partial charge in [-0.3, -0.25) is 9.59 Å². The molecule has 1 atom stereocenters. The SMILES string of the molecule is CCC(CNC(C)=O)c1cccc2c(=O)c3ccc(C)c(C)c3oc12. The maximum Gasteiger partial charge on any atom is 0.216 e. The van der Waals surface area contributed by atoms with Crippen molar-refractivity contribution >= 4 is 27.8 Å². The second kappa shape index (κ2) is 6.71. The molecule has 0 saturated carbocycles. The minimum Gasteiger partial charge on any atom is -0.455 e. The van der Waals surface area contributed by atoms with Gasteiger partial charge in [-0.05, 0) is 43.5 Å². The molecule has 1 N–H and O–H groups in total. The second-order valence-electron chi connectivity index (χ2n) is 6.58. The highest BCUT2D eigenvalue weighted by atomic mass is 16.3. The van der Waals surface area contributed by atoms with E-state index in [0.29, 0.717) is 28.5 Å². The van der Waals surface area contributed by atoms with E-state index in [4.69, 9.17) is 4.42 Å². The Bertz CT molecular complexity index is 1020. The Morgan fingerprint density at radius 2 is 1.84 bits per heavy atom. The monoisotopic (exact) mass is 337 g/mol. The average Bonchev–Trinajstić information content (AvgIpc) is 2.59. The molecular formula is C21H23NO3. The lowest BCUT2D eigenvalue weighted by atomic mass is 9.93. The summed E-state index contributed by atoms with van der Waals surface area (Å²) in [6.45, 7) is 8.09. The smallest absolute Gasteiger partial charge is 0.216 e. The number of hydrogen-bond acceptors (Lipinski definition) is 3. The predicted octanol–water partition coefficient (Wildman–Crippen LogP) is 4.19.